The number of benzene rings is 4. The molecule has 186 valence electrons. The molecule has 0 saturated carbocycles. The molecule has 1 atom stereocenters. The van der Waals surface area contributed by atoms with E-state index in [1.165, 1.54) is 23.5 Å². The standard InChI is InChI=1S/C28H22N2O6S/c1-34-19-11-13-20(14-12-19)37(32,33)30-17-27(36-25-9-5-3-7-23(25)30)28(31)29-18-10-15-22-21-6-2-4-8-24(21)35-26(22)16-18/h2-16,27H,17H2,1H3,(H,29,31)/t27-/m0/s1. The molecule has 1 aromatic heterocycles. The Bertz CT molecular complexity index is 1740. The minimum absolute atomic E-state index is 0.0829. The van der Waals surface area contributed by atoms with Gasteiger partial charge in [0.15, 0.2) is 6.10 Å². The third-order valence-corrected chi connectivity index (χ3v) is 8.11. The van der Waals surface area contributed by atoms with Gasteiger partial charge in [-0.15, -0.1) is 0 Å². The number of nitrogens with one attached hydrogen (secondary N) is 1. The molecule has 1 aliphatic heterocycles. The number of furan rings is 1. The lowest BCUT2D eigenvalue weighted by atomic mass is 10.1. The van der Waals surface area contributed by atoms with Gasteiger partial charge < -0.3 is 19.2 Å². The molecule has 4 aromatic carbocycles. The van der Waals surface area contributed by atoms with Crippen molar-refractivity contribution in [2.24, 2.45) is 0 Å². The van der Waals surface area contributed by atoms with Crippen molar-refractivity contribution in [3.8, 4) is 11.5 Å². The Kier molecular flexibility index (Phi) is 5.49. The molecule has 0 fully saturated rings. The number of sulfonamides is 1. The molecule has 9 heteroatoms. The van der Waals surface area contributed by atoms with Crippen molar-refractivity contribution >= 4 is 49.2 Å². The number of para-hydroxylation sites is 3. The fraction of sp³-hybridized carbons (Fsp3) is 0.107. The van der Waals surface area contributed by atoms with Crippen LogP contribution in [0.5, 0.6) is 11.5 Å². The predicted octanol–water partition coefficient (Wildman–Crippen LogP) is 5.19. The molecule has 0 spiro atoms. The number of nitrogens with zero attached hydrogens (tertiary/aromatic N) is 1. The van der Waals surface area contributed by atoms with Crippen LogP contribution in [0.1, 0.15) is 0 Å². The highest BCUT2D eigenvalue weighted by Crippen LogP contribution is 2.37. The summed E-state index contributed by atoms with van der Waals surface area (Å²) in [5.74, 6) is 0.374. The maximum Gasteiger partial charge on any atom is 0.267 e. The quantitative estimate of drug-likeness (QED) is 0.347. The lowest BCUT2D eigenvalue weighted by Crippen LogP contribution is -2.48. The molecule has 2 heterocycles. The number of fused-ring (bicyclic) bond motifs is 4. The van der Waals surface area contributed by atoms with E-state index in [1.54, 1.807) is 48.5 Å². The van der Waals surface area contributed by atoms with Gasteiger partial charge in [0.2, 0.25) is 0 Å². The van der Waals surface area contributed by atoms with Crippen molar-refractivity contribution in [1.82, 2.24) is 0 Å². The highest BCUT2D eigenvalue weighted by atomic mass is 32.2. The highest BCUT2D eigenvalue weighted by molar-refractivity contribution is 7.92. The number of amides is 1. The Morgan fingerprint density at radius 3 is 2.46 bits per heavy atom. The lowest BCUT2D eigenvalue weighted by Gasteiger charge is -2.34. The molecule has 6 rings (SSSR count). The van der Waals surface area contributed by atoms with Crippen LogP contribution in [-0.4, -0.2) is 34.1 Å². The Morgan fingerprint density at radius 2 is 1.65 bits per heavy atom. The van der Waals surface area contributed by atoms with Gasteiger partial charge in [0, 0.05) is 22.5 Å². The van der Waals surface area contributed by atoms with E-state index in [2.05, 4.69) is 5.32 Å². The summed E-state index contributed by atoms with van der Waals surface area (Å²) in [4.78, 5) is 13.4. The maximum atomic E-state index is 13.6. The summed E-state index contributed by atoms with van der Waals surface area (Å²) in [6, 6.07) is 26.0. The van der Waals surface area contributed by atoms with Gasteiger partial charge in [-0.25, -0.2) is 8.42 Å². The van der Waals surface area contributed by atoms with Crippen LogP contribution in [-0.2, 0) is 14.8 Å². The van der Waals surface area contributed by atoms with Gasteiger partial charge >= 0.3 is 0 Å². The van der Waals surface area contributed by atoms with Crippen LogP contribution >= 0.6 is 0 Å². The number of carbonyl (C=O) groups excluding carboxylic acids is 1. The van der Waals surface area contributed by atoms with Gasteiger partial charge in [0.1, 0.15) is 22.7 Å². The smallest absolute Gasteiger partial charge is 0.267 e. The first-order valence-corrected chi connectivity index (χ1v) is 13.0. The molecule has 0 bridgehead atoms. The Morgan fingerprint density at radius 1 is 0.919 bits per heavy atom. The first kappa shape index (κ1) is 22.9. The average molecular weight is 515 g/mol. The van der Waals surface area contributed by atoms with Gasteiger partial charge in [-0.1, -0.05) is 30.3 Å². The van der Waals surface area contributed by atoms with Crippen LogP contribution in [0, 0.1) is 0 Å². The van der Waals surface area contributed by atoms with E-state index in [4.69, 9.17) is 13.9 Å². The number of methoxy groups -OCH3 is 1. The Labute approximate surface area is 213 Å². The number of ether oxygens (including phenoxy) is 2. The topological polar surface area (TPSA) is 98.1 Å². The first-order valence-electron chi connectivity index (χ1n) is 11.6. The number of hydrogen-bond donors (Lipinski definition) is 1. The first-order chi connectivity index (χ1) is 17.9. The third-order valence-electron chi connectivity index (χ3n) is 6.32. The van der Waals surface area contributed by atoms with E-state index in [0.29, 0.717) is 28.5 Å². The zero-order valence-corrected chi connectivity index (χ0v) is 20.6. The summed E-state index contributed by atoms with van der Waals surface area (Å²) in [5, 5.41) is 4.77. The summed E-state index contributed by atoms with van der Waals surface area (Å²) in [6.45, 7) is -0.190. The van der Waals surface area contributed by atoms with Crippen molar-refractivity contribution in [1.29, 1.82) is 0 Å². The summed E-state index contributed by atoms with van der Waals surface area (Å²) in [6.07, 6.45) is -1.07. The van der Waals surface area contributed by atoms with Gasteiger partial charge in [-0.2, -0.15) is 0 Å². The van der Waals surface area contributed by atoms with E-state index < -0.39 is 22.0 Å². The van der Waals surface area contributed by atoms with Crippen molar-refractivity contribution in [2.45, 2.75) is 11.0 Å². The van der Waals surface area contributed by atoms with Crippen molar-refractivity contribution in [3.63, 3.8) is 0 Å². The lowest BCUT2D eigenvalue weighted by molar-refractivity contribution is -0.122. The van der Waals surface area contributed by atoms with Gasteiger partial charge in [0.25, 0.3) is 15.9 Å². The minimum Gasteiger partial charge on any atom is -0.497 e. The van der Waals surface area contributed by atoms with E-state index in [-0.39, 0.29) is 11.4 Å². The van der Waals surface area contributed by atoms with Crippen molar-refractivity contribution < 1.29 is 27.1 Å². The second-order valence-electron chi connectivity index (χ2n) is 8.58. The second-order valence-corrected chi connectivity index (χ2v) is 10.4. The zero-order chi connectivity index (χ0) is 25.6. The second kappa shape index (κ2) is 8.86. The number of rotatable bonds is 5. The van der Waals surface area contributed by atoms with Crippen molar-refractivity contribution in [2.75, 3.05) is 23.3 Å². The van der Waals surface area contributed by atoms with Crippen LogP contribution < -0.4 is 19.1 Å². The summed E-state index contributed by atoms with van der Waals surface area (Å²) in [5.41, 5.74) is 2.28. The third kappa shape index (κ3) is 4.03. The molecule has 1 aliphatic rings. The molecule has 0 aliphatic carbocycles. The summed E-state index contributed by atoms with van der Waals surface area (Å²) < 4.78 is 45.4. The maximum absolute atomic E-state index is 13.6. The SMILES string of the molecule is COc1ccc(S(=O)(=O)N2C[C@@H](C(=O)Nc3ccc4c(c3)oc3ccccc34)Oc3ccccc32)cc1. The fourth-order valence-corrected chi connectivity index (χ4v) is 5.94. The molecule has 1 N–H and O–H groups in total. The number of anilines is 2. The molecular weight excluding hydrogens is 492 g/mol. The molecule has 1 amide bonds. The normalized spacial score (nSPS) is 15.3. The molecule has 8 nitrogen and oxygen atoms in total. The van der Waals surface area contributed by atoms with E-state index in [1.807, 2.05) is 30.3 Å². The summed E-state index contributed by atoms with van der Waals surface area (Å²) in [7, 11) is -2.47. The molecule has 0 radical (unpaired) electrons. The zero-order valence-electron chi connectivity index (χ0n) is 19.7. The molecular formula is C28H22N2O6S. The van der Waals surface area contributed by atoms with Gasteiger partial charge in [-0.05, 0) is 54.6 Å². The monoisotopic (exact) mass is 514 g/mol. The van der Waals surface area contributed by atoms with Gasteiger partial charge in [0.05, 0.1) is 24.2 Å². The molecule has 0 unspecified atom stereocenters. The number of carbonyl (C=O) groups is 1. The van der Waals surface area contributed by atoms with Crippen LogP contribution in [0.2, 0.25) is 0 Å². The number of hydrogen-bond acceptors (Lipinski definition) is 6. The average Bonchev–Trinajstić information content (AvgIpc) is 3.30. The van der Waals surface area contributed by atoms with Gasteiger partial charge in [-0.3, -0.25) is 9.10 Å². The largest absolute Gasteiger partial charge is 0.497 e. The van der Waals surface area contributed by atoms with E-state index in [9.17, 15) is 13.2 Å². The van der Waals surface area contributed by atoms with Crippen LogP contribution in [0.4, 0.5) is 11.4 Å². The molecule has 5 aromatic rings. The minimum atomic E-state index is -3.98. The Hall–Kier alpha value is -4.50. The summed E-state index contributed by atoms with van der Waals surface area (Å²) >= 11 is 0. The Balaban J connectivity index is 1.30. The van der Waals surface area contributed by atoms with Crippen LogP contribution in [0.25, 0.3) is 21.9 Å². The van der Waals surface area contributed by atoms with Crippen molar-refractivity contribution in [3.05, 3.63) is 91.0 Å². The fourth-order valence-electron chi connectivity index (χ4n) is 4.47. The van der Waals surface area contributed by atoms with E-state index >= 15 is 0 Å². The predicted molar refractivity (Wildman–Crippen MR) is 141 cm³/mol. The highest BCUT2D eigenvalue weighted by Gasteiger charge is 2.37. The van der Waals surface area contributed by atoms with E-state index in [0.717, 1.165) is 16.4 Å². The molecule has 0 saturated heterocycles. The van der Waals surface area contributed by atoms with Crippen LogP contribution in [0.3, 0.4) is 0 Å². The van der Waals surface area contributed by atoms with Crippen LogP contribution in [0.15, 0.2) is 100 Å². The molecule has 37 heavy (non-hydrogen) atoms.